The van der Waals surface area contributed by atoms with Gasteiger partial charge >= 0.3 is 0 Å². The van der Waals surface area contributed by atoms with Gasteiger partial charge in [-0.2, -0.15) is 0 Å². The molecule has 0 saturated carbocycles. The SMILES string of the molecule is CC(C)N(CC(N)=O)C(=O)C1(C)CCCN1. The summed E-state index contributed by atoms with van der Waals surface area (Å²) in [6, 6.07) is -0.0146. The van der Waals surface area contributed by atoms with E-state index in [-0.39, 0.29) is 18.5 Å². The van der Waals surface area contributed by atoms with Gasteiger partial charge in [0, 0.05) is 6.04 Å². The predicted octanol–water partition coefficient (Wildman–Crippen LogP) is -0.149. The third-order valence-corrected chi connectivity index (χ3v) is 3.05. The minimum atomic E-state index is -0.528. The zero-order valence-corrected chi connectivity index (χ0v) is 10.2. The highest BCUT2D eigenvalue weighted by atomic mass is 16.2. The molecule has 3 N–H and O–H groups in total. The molecule has 16 heavy (non-hydrogen) atoms. The molecule has 0 radical (unpaired) electrons. The molecule has 0 aromatic carbocycles. The van der Waals surface area contributed by atoms with E-state index in [1.165, 1.54) is 0 Å². The van der Waals surface area contributed by atoms with Gasteiger partial charge in [-0.3, -0.25) is 9.59 Å². The standard InChI is InChI=1S/C11H21N3O2/c1-8(2)14(7-9(12)15)10(16)11(3)5-4-6-13-11/h8,13H,4-7H2,1-3H3,(H2,12,15). The number of nitrogens with two attached hydrogens (primary N) is 1. The summed E-state index contributed by atoms with van der Waals surface area (Å²) in [6.07, 6.45) is 1.80. The lowest BCUT2D eigenvalue weighted by atomic mass is 9.97. The molecule has 5 nitrogen and oxygen atoms in total. The van der Waals surface area contributed by atoms with Crippen LogP contribution in [-0.4, -0.2) is 41.4 Å². The second kappa shape index (κ2) is 4.82. The van der Waals surface area contributed by atoms with Gasteiger partial charge in [0.2, 0.25) is 11.8 Å². The molecule has 5 heteroatoms. The fraction of sp³-hybridized carbons (Fsp3) is 0.818. The molecule has 1 atom stereocenters. The Bertz CT molecular complexity index is 283. The Balaban J connectivity index is 2.77. The van der Waals surface area contributed by atoms with Gasteiger partial charge in [-0.15, -0.1) is 0 Å². The maximum absolute atomic E-state index is 12.3. The highest BCUT2D eigenvalue weighted by molar-refractivity contribution is 5.90. The van der Waals surface area contributed by atoms with E-state index in [4.69, 9.17) is 5.73 Å². The number of primary amides is 1. The van der Waals surface area contributed by atoms with Crippen LogP contribution in [0.5, 0.6) is 0 Å². The number of hydrogen-bond acceptors (Lipinski definition) is 3. The average Bonchev–Trinajstić information content (AvgIpc) is 2.61. The summed E-state index contributed by atoms with van der Waals surface area (Å²) in [7, 11) is 0. The van der Waals surface area contributed by atoms with E-state index < -0.39 is 11.4 Å². The van der Waals surface area contributed by atoms with Crippen LogP contribution in [0.1, 0.15) is 33.6 Å². The first-order chi connectivity index (χ1) is 7.37. The third kappa shape index (κ3) is 2.72. The van der Waals surface area contributed by atoms with Gasteiger partial charge in [0.1, 0.15) is 0 Å². The van der Waals surface area contributed by atoms with Gasteiger partial charge in [-0.1, -0.05) is 0 Å². The molecule has 0 aromatic rings. The minimum Gasteiger partial charge on any atom is -0.368 e. The first-order valence-corrected chi connectivity index (χ1v) is 5.71. The predicted molar refractivity (Wildman–Crippen MR) is 61.7 cm³/mol. The van der Waals surface area contributed by atoms with E-state index in [0.717, 1.165) is 19.4 Å². The van der Waals surface area contributed by atoms with Crippen LogP contribution in [0.25, 0.3) is 0 Å². The van der Waals surface area contributed by atoms with E-state index in [0.29, 0.717) is 0 Å². The zero-order chi connectivity index (χ0) is 12.3. The van der Waals surface area contributed by atoms with Crippen LogP contribution in [0.15, 0.2) is 0 Å². The Morgan fingerprint density at radius 1 is 1.50 bits per heavy atom. The number of rotatable bonds is 4. The smallest absolute Gasteiger partial charge is 0.243 e. The van der Waals surface area contributed by atoms with Crippen molar-refractivity contribution in [3.8, 4) is 0 Å². The van der Waals surface area contributed by atoms with Crippen molar-refractivity contribution in [3.05, 3.63) is 0 Å². The van der Waals surface area contributed by atoms with Crippen LogP contribution in [0, 0.1) is 0 Å². The Labute approximate surface area is 96.4 Å². The van der Waals surface area contributed by atoms with E-state index >= 15 is 0 Å². The van der Waals surface area contributed by atoms with Crippen molar-refractivity contribution in [2.75, 3.05) is 13.1 Å². The van der Waals surface area contributed by atoms with Crippen molar-refractivity contribution in [1.29, 1.82) is 0 Å². The van der Waals surface area contributed by atoms with E-state index in [1.807, 2.05) is 20.8 Å². The monoisotopic (exact) mass is 227 g/mol. The van der Waals surface area contributed by atoms with Crippen LogP contribution < -0.4 is 11.1 Å². The molecule has 2 amide bonds. The molecule has 1 rings (SSSR count). The van der Waals surface area contributed by atoms with Crippen molar-refractivity contribution in [1.82, 2.24) is 10.2 Å². The number of nitrogens with zero attached hydrogens (tertiary/aromatic N) is 1. The largest absolute Gasteiger partial charge is 0.368 e. The summed E-state index contributed by atoms with van der Waals surface area (Å²) in [5.41, 5.74) is 4.63. The van der Waals surface area contributed by atoms with Gasteiger partial charge in [0.15, 0.2) is 0 Å². The number of amides is 2. The quantitative estimate of drug-likeness (QED) is 0.701. The lowest BCUT2D eigenvalue weighted by Gasteiger charge is -2.33. The van der Waals surface area contributed by atoms with Crippen molar-refractivity contribution < 1.29 is 9.59 Å². The van der Waals surface area contributed by atoms with E-state index in [1.54, 1.807) is 4.90 Å². The molecule has 0 spiro atoms. The van der Waals surface area contributed by atoms with E-state index in [9.17, 15) is 9.59 Å². The third-order valence-electron chi connectivity index (χ3n) is 3.05. The summed E-state index contributed by atoms with van der Waals surface area (Å²) >= 11 is 0. The van der Waals surface area contributed by atoms with Gasteiger partial charge in [-0.05, 0) is 40.2 Å². The van der Waals surface area contributed by atoms with Gasteiger partial charge in [-0.25, -0.2) is 0 Å². The normalized spacial score (nSPS) is 24.8. The molecule has 0 bridgehead atoms. The summed E-state index contributed by atoms with van der Waals surface area (Å²) in [4.78, 5) is 24.8. The lowest BCUT2D eigenvalue weighted by molar-refractivity contribution is -0.142. The van der Waals surface area contributed by atoms with Crippen LogP contribution in [0.3, 0.4) is 0 Å². The van der Waals surface area contributed by atoms with E-state index in [2.05, 4.69) is 5.32 Å². The average molecular weight is 227 g/mol. The molecule has 1 aliphatic heterocycles. The number of carbonyl (C=O) groups is 2. The lowest BCUT2D eigenvalue weighted by Crippen LogP contribution is -2.56. The Morgan fingerprint density at radius 3 is 2.50 bits per heavy atom. The van der Waals surface area contributed by atoms with Gasteiger partial charge in [0.05, 0.1) is 12.1 Å². The minimum absolute atomic E-state index is 0.00618. The first-order valence-electron chi connectivity index (χ1n) is 5.71. The fourth-order valence-corrected chi connectivity index (χ4v) is 2.05. The molecule has 0 aromatic heterocycles. The number of hydrogen-bond donors (Lipinski definition) is 2. The molecule has 0 aliphatic carbocycles. The topological polar surface area (TPSA) is 75.4 Å². The Hall–Kier alpha value is -1.10. The summed E-state index contributed by atoms with van der Waals surface area (Å²) in [5.74, 6) is -0.498. The molecule has 1 unspecified atom stereocenters. The summed E-state index contributed by atoms with van der Waals surface area (Å²) < 4.78 is 0. The molecular weight excluding hydrogens is 206 g/mol. The van der Waals surface area contributed by atoms with Crippen LogP contribution in [0.4, 0.5) is 0 Å². The molecule has 1 aliphatic rings. The zero-order valence-electron chi connectivity index (χ0n) is 10.2. The molecule has 1 fully saturated rings. The van der Waals surface area contributed by atoms with Crippen molar-refractivity contribution in [2.45, 2.75) is 45.2 Å². The second-order valence-corrected chi connectivity index (χ2v) is 4.86. The van der Waals surface area contributed by atoms with Crippen molar-refractivity contribution >= 4 is 11.8 Å². The van der Waals surface area contributed by atoms with Gasteiger partial charge in [0.25, 0.3) is 0 Å². The van der Waals surface area contributed by atoms with Crippen LogP contribution >= 0.6 is 0 Å². The number of carbonyl (C=O) groups excluding carboxylic acids is 2. The fourth-order valence-electron chi connectivity index (χ4n) is 2.05. The maximum atomic E-state index is 12.3. The molecular formula is C11H21N3O2. The Morgan fingerprint density at radius 2 is 2.12 bits per heavy atom. The molecule has 1 saturated heterocycles. The first kappa shape index (κ1) is 13.0. The number of nitrogens with one attached hydrogen (secondary N) is 1. The highest BCUT2D eigenvalue weighted by Gasteiger charge is 2.39. The van der Waals surface area contributed by atoms with Crippen molar-refractivity contribution in [3.63, 3.8) is 0 Å². The Kier molecular flexibility index (Phi) is 3.91. The highest BCUT2D eigenvalue weighted by Crippen LogP contribution is 2.22. The summed E-state index contributed by atoms with van der Waals surface area (Å²) in [5, 5.41) is 3.20. The van der Waals surface area contributed by atoms with Crippen molar-refractivity contribution in [2.24, 2.45) is 5.73 Å². The second-order valence-electron chi connectivity index (χ2n) is 4.86. The van der Waals surface area contributed by atoms with Crippen LogP contribution in [-0.2, 0) is 9.59 Å². The van der Waals surface area contributed by atoms with Gasteiger partial charge < -0.3 is 16.0 Å². The summed E-state index contributed by atoms with van der Waals surface area (Å²) in [6.45, 7) is 6.51. The van der Waals surface area contributed by atoms with Crippen LogP contribution in [0.2, 0.25) is 0 Å². The maximum Gasteiger partial charge on any atom is 0.243 e. The molecule has 92 valence electrons. The molecule has 1 heterocycles.